The number of carbonyl (C=O) groups excluding carboxylic acids is 1. The van der Waals surface area contributed by atoms with Gasteiger partial charge in [-0.2, -0.15) is 5.10 Å². The van der Waals surface area contributed by atoms with E-state index in [2.05, 4.69) is 5.10 Å². The van der Waals surface area contributed by atoms with Crippen LogP contribution in [0.5, 0.6) is 5.75 Å². The van der Waals surface area contributed by atoms with Crippen LogP contribution in [0.25, 0.3) is 5.69 Å². The molecule has 7 nitrogen and oxygen atoms in total. The van der Waals surface area contributed by atoms with Crippen molar-refractivity contribution in [3.05, 3.63) is 42.2 Å². The van der Waals surface area contributed by atoms with Gasteiger partial charge in [-0.15, -0.1) is 0 Å². The summed E-state index contributed by atoms with van der Waals surface area (Å²) in [6.45, 7) is 0.778. The van der Waals surface area contributed by atoms with E-state index in [1.807, 2.05) is 24.3 Å². The number of carboxylic acids is 1. The molecule has 0 bridgehead atoms. The summed E-state index contributed by atoms with van der Waals surface area (Å²) in [4.78, 5) is 25.9. The Bertz CT molecular complexity index is 826. The number of hydrogen-bond acceptors (Lipinski definition) is 4. The molecule has 0 spiro atoms. The minimum Gasteiger partial charge on any atom is -0.497 e. The number of amides is 1. The van der Waals surface area contributed by atoms with Crippen molar-refractivity contribution in [3.8, 4) is 11.4 Å². The lowest BCUT2D eigenvalue weighted by molar-refractivity contribution is -0.142. The maximum absolute atomic E-state index is 12.8. The summed E-state index contributed by atoms with van der Waals surface area (Å²) in [5, 5.41) is 13.8. The van der Waals surface area contributed by atoms with Gasteiger partial charge in [-0.05, 0) is 55.0 Å². The molecule has 2 fully saturated rings. The van der Waals surface area contributed by atoms with E-state index >= 15 is 0 Å². The van der Waals surface area contributed by atoms with Crippen LogP contribution in [0.1, 0.15) is 23.3 Å². The maximum atomic E-state index is 12.8. The normalized spacial score (nSPS) is 22.4. The van der Waals surface area contributed by atoms with Gasteiger partial charge < -0.3 is 14.7 Å². The smallest absolute Gasteiger partial charge is 0.308 e. The molecule has 2 atom stereocenters. The molecule has 26 heavy (non-hydrogen) atoms. The average molecular weight is 355 g/mol. The van der Waals surface area contributed by atoms with Gasteiger partial charge in [0.1, 0.15) is 5.75 Å². The minimum atomic E-state index is -0.805. The summed E-state index contributed by atoms with van der Waals surface area (Å²) in [6, 6.07) is 9.05. The van der Waals surface area contributed by atoms with E-state index in [1.165, 1.54) is 0 Å². The Morgan fingerprint density at radius 1 is 1.15 bits per heavy atom. The lowest BCUT2D eigenvalue weighted by Crippen LogP contribution is -2.30. The topological polar surface area (TPSA) is 84.7 Å². The number of aliphatic carboxylic acids is 1. The second kappa shape index (κ2) is 6.48. The van der Waals surface area contributed by atoms with Crippen LogP contribution in [0.3, 0.4) is 0 Å². The summed E-state index contributed by atoms with van der Waals surface area (Å²) in [5.41, 5.74) is 1.16. The third-order valence-corrected chi connectivity index (χ3v) is 5.34. The Balaban J connectivity index is 1.50. The second-order valence-electron chi connectivity index (χ2n) is 7.00. The largest absolute Gasteiger partial charge is 0.497 e. The van der Waals surface area contributed by atoms with Crippen LogP contribution in [-0.2, 0) is 4.79 Å². The summed E-state index contributed by atoms with van der Waals surface area (Å²) < 4.78 is 6.78. The molecular formula is C19H21N3O4. The van der Waals surface area contributed by atoms with Crippen molar-refractivity contribution in [2.24, 2.45) is 17.8 Å². The highest BCUT2D eigenvalue weighted by atomic mass is 16.5. The van der Waals surface area contributed by atoms with Gasteiger partial charge in [0.25, 0.3) is 5.91 Å². The van der Waals surface area contributed by atoms with E-state index in [0.29, 0.717) is 18.2 Å². The number of hydrogen-bond donors (Lipinski definition) is 1. The van der Waals surface area contributed by atoms with Crippen LogP contribution >= 0.6 is 0 Å². The summed E-state index contributed by atoms with van der Waals surface area (Å²) in [5.74, 6) is -0.200. The lowest BCUT2D eigenvalue weighted by atomic mass is 9.92. The molecule has 1 aromatic carbocycles. The molecule has 2 aliphatic rings. The van der Waals surface area contributed by atoms with Gasteiger partial charge in [0.15, 0.2) is 5.69 Å². The van der Waals surface area contributed by atoms with E-state index in [0.717, 1.165) is 24.3 Å². The highest BCUT2D eigenvalue weighted by Gasteiger charge is 2.47. The number of likely N-dealkylation sites (tertiary alicyclic amines) is 1. The SMILES string of the molecule is COc1ccc(-n2ccc(C(=O)N3C[C@H](C(=O)O)[C@@H](C4CC4)C3)n2)cc1. The molecule has 1 aromatic heterocycles. The molecule has 1 aliphatic carbocycles. The Morgan fingerprint density at radius 3 is 2.50 bits per heavy atom. The number of benzene rings is 1. The van der Waals surface area contributed by atoms with Crippen LogP contribution in [-0.4, -0.2) is 51.9 Å². The number of carboxylic acid groups (broad SMARTS) is 1. The Kier molecular flexibility index (Phi) is 4.14. The minimum absolute atomic E-state index is 0.0696. The fourth-order valence-corrected chi connectivity index (χ4v) is 3.74. The van der Waals surface area contributed by atoms with Crippen LogP contribution in [0, 0.1) is 17.8 Å². The zero-order valence-electron chi connectivity index (χ0n) is 14.5. The van der Waals surface area contributed by atoms with Crippen LogP contribution in [0.2, 0.25) is 0 Å². The molecule has 136 valence electrons. The Morgan fingerprint density at radius 2 is 1.88 bits per heavy atom. The van der Waals surface area contributed by atoms with Crippen LogP contribution < -0.4 is 4.74 Å². The van der Waals surface area contributed by atoms with Gasteiger partial charge in [-0.1, -0.05) is 0 Å². The van der Waals surface area contributed by atoms with Gasteiger partial charge in [0.05, 0.1) is 18.7 Å². The molecule has 1 aliphatic heterocycles. The zero-order chi connectivity index (χ0) is 18.3. The van der Waals surface area contributed by atoms with Gasteiger partial charge in [0, 0.05) is 19.3 Å². The first kappa shape index (κ1) is 16.6. The number of rotatable bonds is 5. The van der Waals surface area contributed by atoms with Crippen molar-refractivity contribution >= 4 is 11.9 Å². The van der Waals surface area contributed by atoms with E-state index in [4.69, 9.17) is 4.74 Å². The van der Waals surface area contributed by atoms with Crippen LogP contribution in [0.15, 0.2) is 36.5 Å². The third-order valence-electron chi connectivity index (χ3n) is 5.34. The van der Waals surface area contributed by atoms with E-state index in [-0.39, 0.29) is 18.4 Å². The predicted octanol–water partition coefficient (Wildman–Crippen LogP) is 2.06. The summed E-state index contributed by atoms with van der Waals surface area (Å²) in [6.07, 6.45) is 3.88. The molecule has 1 amide bonds. The number of aromatic nitrogens is 2. The van der Waals surface area contributed by atoms with Crippen LogP contribution in [0.4, 0.5) is 0 Å². The first-order valence-corrected chi connectivity index (χ1v) is 8.79. The number of methoxy groups -OCH3 is 1. The summed E-state index contributed by atoms with van der Waals surface area (Å²) in [7, 11) is 1.61. The summed E-state index contributed by atoms with van der Waals surface area (Å²) >= 11 is 0. The van der Waals surface area contributed by atoms with E-state index in [1.54, 1.807) is 29.0 Å². The molecule has 2 aromatic rings. The average Bonchev–Trinajstić information content (AvgIpc) is 3.21. The Hall–Kier alpha value is -2.83. The van der Waals surface area contributed by atoms with Crippen molar-refractivity contribution < 1.29 is 19.4 Å². The zero-order valence-corrected chi connectivity index (χ0v) is 14.5. The van der Waals surface area contributed by atoms with Crippen molar-refractivity contribution in [1.29, 1.82) is 0 Å². The van der Waals surface area contributed by atoms with Crippen molar-refractivity contribution in [1.82, 2.24) is 14.7 Å². The van der Waals surface area contributed by atoms with Crippen molar-refractivity contribution in [2.75, 3.05) is 20.2 Å². The molecule has 0 radical (unpaired) electrons. The van der Waals surface area contributed by atoms with E-state index < -0.39 is 11.9 Å². The monoisotopic (exact) mass is 355 g/mol. The molecule has 1 saturated heterocycles. The number of ether oxygens (including phenoxy) is 1. The Labute approximate surface area is 151 Å². The molecule has 0 unspecified atom stereocenters. The first-order chi connectivity index (χ1) is 12.6. The van der Waals surface area contributed by atoms with Crippen molar-refractivity contribution in [3.63, 3.8) is 0 Å². The lowest BCUT2D eigenvalue weighted by Gasteiger charge is -2.14. The van der Waals surface area contributed by atoms with Gasteiger partial charge in [-0.3, -0.25) is 9.59 Å². The highest BCUT2D eigenvalue weighted by Crippen LogP contribution is 2.44. The third kappa shape index (κ3) is 3.05. The molecule has 4 rings (SSSR count). The fraction of sp³-hybridized carbons (Fsp3) is 0.421. The highest BCUT2D eigenvalue weighted by molar-refractivity contribution is 5.93. The predicted molar refractivity (Wildman–Crippen MR) is 93.4 cm³/mol. The standard InChI is InChI=1S/C19H21N3O4/c1-26-14-6-4-13(5-7-14)22-9-8-17(20-22)18(23)21-10-15(12-2-3-12)16(11-21)19(24)25/h4-9,12,15-16H,2-3,10-11H2,1H3,(H,24,25)/t15-,16+/m1/s1. The maximum Gasteiger partial charge on any atom is 0.308 e. The molecule has 7 heteroatoms. The van der Waals surface area contributed by atoms with Crippen molar-refractivity contribution in [2.45, 2.75) is 12.8 Å². The van der Waals surface area contributed by atoms with Gasteiger partial charge in [-0.25, -0.2) is 4.68 Å². The molecular weight excluding hydrogens is 334 g/mol. The first-order valence-electron chi connectivity index (χ1n) is 8.79. The number of carbonyl (C=O) groups is 2. The molecule has 1 N–H and O–H groups in total. The van der Waals surface area contributed by atoms with Gasteiger partial charge >= 0.3 is 5.97 Å². The van der Waals surface area contributed by atoms with E-state index in [9.17, 15) is 14.7 Å². The molecule has 1 saturated carbocycles. The van der Waals surface area contributed by atoms with Gasteiger partial charge in [0.2, 0.25) is 0 Å². The fourth-order valence-electron chi connectivity index (χ4n) is 3.74. The molecule has 2 heterocycles. The quantitative estimate of drug-likeness (QED) is 0.887. The number of nitrogens with zero attached hydrogens (tertiary/aromatic N) is 3. The second-order valence-corrected chi connectivity index (χ2v) is 7.00.